The highest BCUT2D eigenvalue weighted by molar-refractivity contribution is 7.89. The Morgan fingerprint density at radius 3 is 2.43 bits per heavy atom. The topological polar surface area (TPSA) is 170 Å². The molecule has 256 valence electrons. The number of rotatable bonds is 14. The minimum absolute atomic E-state index is 0.0104. The van der Waals surface area contributed by atoms with Gasteiger partial charge in [0, 0.05) is 38.3 Å². The molecule has 2 aliphatic heterocycles. The minimum Gasteiger partial charge on any atom is -0.492 e. The van der Waals surface area contributed by atoms with E-state index < -0.39 is 31.8 Å². The summed E-state index contributed by atoms with van der Waals surface area (Å²) in [5.41, 5.74) is 7.96. The third-order valence-corrected chi connectivity index (χ3v) is 12.0. The first-order chi connectivity index (χ1) is 22.5. The van der Waals surface area contributed by atoms with Gasteiger partial charge in [0.25, 0.3) is 0 Å². The van der Waals surface area contributed by atoms with Gasteiger partial charge in [-0.1, -0.05) is 36.4 Å². The summed E-state index contributed by atoms with van der Waals surface area (Å²) >= 11 is 0. The summed E-state index contributed by atoms with van der Waals surface area (Å²) in [5.74, 6) is 0.668. The molecule has 2 atom stereocenters. The first-order valence-electron chi connectivity index (χ1n) is 15.8. The lowest BCUT2D eigenvalue weighted by Crippen LogP contribution is -2.47. The molecule has 2 heterocycles. The Morgan fingerprint density at radius 2 is 1.74 bits per heavy atom. The molecule has 2 unspecified atom stereocenters. The highest BCUT2D eigenvalue weighted by atomic mass is 32.2. The first kappa shape index (κ1) is 35.2. The summed E-state index contributed by atoms with van der Waals surface area (Å²) in [6, 6.07) is 19.1. The van der Waals surface area contributed by atoms with Gasteiger partial charge in [-0.25, -0.2) is 21.6 Å². The van der Waals surface area contributed by atoms with Crippen molar-refractivity contribution in [3.05, 3.63) is 72.3 Å². The lowest BCUT2D eigenvalue weighted by atomic mass is 9.88. The lowest BCUT2D eigenvalue weighted by molar-refractivity contribution is -0.0312. The molecule has 5 rings (SSSR count). The van der Waals surface area contributed by atoms with Gasteiger partial charge in [-0.2, -0.15) is 4.31 Å². The van der Waals surface area contributed by atoms with Crippen molar-refractivity contribution in [1.29, 1.82) is 0 Å². The van der Waals surface area contributed by atoms with E-state index in [1.54, 1.807) is 24.3 Å². The molecule has 0 saturated carbocycles. The summed E-state index contributed by atoms with van der Waals surface area (Å²) in [6.07, 6.45) is 0.951. The van der Waals surface area contributed by atoms with E-state index in [1.165, 1.54) is 23.5 Å². The molecule has 0 aromatic heterocycles. The third-order valence-electron chi connectivity index (χ3n) is 8.70. The van der Waals surface area contributed by atoms with Crippen molar-refractivity contribution in [2.75, 3.05) is 46.5 Å². The van der Waals surface area contributed by atoms with Crippen molar-refractivity contribution in [2.45, 2.75) is 60.3 Å². The van der Waals surface area contributed by atoms with Crippen LogP contribution in [0.2, 0.25) is 0 Å². The van der Waals surface area contributed by atoms with Crippen LogP contribution in [0.15, 0.2) is 76.5 Å². The molecule has 14 heteroatoms. The Balaban J connectivity index is 1.15. The molecular weight excluding hydrogens is 645 g/mol. The van der Waals surface area contributed by atoms with Crippen LogP contribution in [-0.4, -0.2) is 90.5 Å². The Morgan fingerprint density at radius 1 is 1.02 bits per heavy atom. The zero-order valence-electron chi connectivity index (χ0n) is 26.7. The molecular formula is C33H44N4O8S2. The summed E-state index contributed by atoms with van der Waals surface area (Å²) < 4.78 is 73.4. The minimum atomic E-state index is -3.85. The van der Waals surface area contributed by atoms with E-state index >= 15 is 0 Å². The molecule has 2 saturated heterocycles. The first-order valence-corrected chi connectivity index (χ1v) is 18.7. The second kappa shape index (κ2) is 15.0. The highest BCUT2D eigenvalue weighted by Crippen LogP contribution is 2.39. The van der Waals surface area contributed by atoms with Gasteiger partial charge in [-0.3, -0.25) is 0 Å². The fraction of sp³-hybridized carbons (Fsp3) is 0.455. The molecule has 2 aliphatic rings. The largest absolute Gasteiger partial charge is 0.492 e. The average molecular weight is 689 g/mol. The Labute approximate surface area is 277 Å². The Hall–Kier alpha value is -3.08. The summed E-state index contributed by atoms with van der Waals surface area (Å²) in [6.45, 7) is 3.91. The van der Waals surface area contributed by atoms with Gasteiger partial charge < -0.3 is 30.4 Å². The van der Waals surface area contributed by atoms with Crippen LogP contribution in [0.25, 0.3) is 11.1 Å². The number of nitrogens with one attached hydrogen (secondary N) is 2. The monoisotopic (exact) mass is 688 g/mol. The maximum atomic E-state index is 14.0. The van der Waals surface area contributed by atoms with E-state index in [9.17, 15) is 21.9 Å². The van der Waals surface area contributed by atoms with E-state index in [-0.39, 0.29) is 29.0 Å². The fourth-order valence-electron chi connectivity index (χ4n) is 6.00. The van der Waals surface area contributed by atoms with Gasteiger partial charge >= 0.3 is 0 Å². The molecule has 0 radical (unpaired) electrons. The number of nitrogens with zero attached hydrogens (tertiary/aromatic N) is 1. The van der Waals surface area contributed by atoms with Crippen LogP contribution < -0.4 is 25.2 Å². The summed E-state index contributed by atoms with van der Waals surface area (Å²) in [5, 5.41) is 13.8. The predicted molar refractivity (Wildman–Crippen MR) is 178 cm³/mol. The van der Waals surface area contributed by atoms with Gasteiger partial charge in [0.15, 0.2) is 0 Å². The summed E-state index contributed by atoms with van der Waals surface area (Å²) in [4.78, 5) is 0.226. The highest BCUT2D eigenvalue weighted by Gasteiger charge is 2.45. The van der Waals surface area contributed by atoms with Crippen molar-refractivity contribution in [1.82, 2.24) is 14.3 Å². The van der Waals surface area contributed by atoms with Crippen LogP contribution in [0, 0.1) is 0 Å². The molecule has 3 aromatic rings. The molecule has 3 aromatic carbocycles. The number of ether oxygens (including phenoxy) is 3. The average Bonchev–Trinajstić information content (AvgIpc) is 3.48. The Kier molecular flexibility index (Phi) is 11.2. The molecule has 0 aliphatic carbocycles. The van der Waals surface area contributed by atoms with Crippen LogP contribution in [0.3, 0.4) is 0 Å². The maximum absolute atomic E-state index is 14.0. The molecule has 12 nitrogen and oxygen atoms in total. The second-order valence-electron chi connectivity index (χ2n) is 11.9. The molecule has 2 fully saturated rings. The number of hydrogen-bond donors (Lipinski definition) is 4. The van der Waals surface area contributed by atoms with Crippen LogP contribution in [0.5, 0.6) is 11.5 Å². The van der Waals surface area contributed by atoms with E-state index in [0.717, 1.165) is 16.7 Å². The lowest BCUT2D eigenvalue weighted by Gasteiger charge is -2.38. The van der Waals surface area contributed by atoms with Crippen LogP contribution in [0.4, 0.5) is 0 Å². The number of nitrogens with two attached hydrogens (primary N) is 1. The second-order valence-corrected chi connectivity index (χ2v) is 15.6. The SMILES string of the molecule is CCOc1ccc(-c2ccc(CN)cc2)cc1S(=O)(=O)N1CCC2(CC1)CC(NCC(O)COc1cccc(S(=O)(=O)NC)c1)CO2. The number of benzene rings is 3. The van der Waals surface area contributed by atoms with E-state index in [0.29, 0.717) is 63.6 Å². The quantitative estimate of drug-likeness (QED) is 0.197. The van der Waals surface area contributed by atoms with Gasteiger partial charge in [-0.05, 0) is 74.2 Å². The number of aliphatic hydroxyl groups excluding tert-OH is 1. The zero-order chi connectivity index (χ0) is 33.7. The van der Waals surface area contributed by atoms with Crippen molar-refractivity contribution < 1.29 is 36.2 Å². The molecule has 5 N–H and O–H groups in total. The standard InChI is InChI=1S/C33H44N4O8S2/c1-3-43-31-12-11-26(25-9-7-24(20-34)8-10-25)17-32(31)47(41,42)37-15-13-33(14-16-37)19-27(22-45-33)36-21-28(38)23-44-29-5-4-6-30(18-29)46(39,40)35-2/h4-12,17-18,27-28,35-36,38H,3,13-16,19-23,34H2,1-2H3. The van der Waals surface area contributed by atoms with Crippen LogP contribution >= 0.6 is 0 Å². The van der Waals surface area contributed by atoms with E-state index in [4.69, 9.17) is 19.9 Å². The smallest absolute Gasteiger partial charge is 0.246 e. The van der Waals surface area contributed by atoms with Gasteiger partial charge in [-0.15, -0.1) is 0 Å². The molecule has 1 spiro atoms. The zero-order valence-corrected chi connectivity index (χ0v) is 28.4. The third kappa shape index (κ3) is 8.32. The van der Waals surface area contributed by atoms with Gasteiger partial charge in [0.2, 0.25) is 20.0 Å². The number of aliphatic hydroxyl groups is 1. The van der Waals surface area contributed by atoms with Gasteiger partial charge in [0.05, 0.1) is 23.7 Å². The number of hydrogen-bond acceptors (Lipinski definition) is 10. The van der Waals surface area contributed by atoms with Crippen molar-refractivity contribution in [3.8, 4) is 22.6 Å². The number of piperidine rings is 1. The molecule has 0 amide bonds. The van der Waals surface area contributed by atoms with Crippen molar-refractivity contribution >= 4 is 20.0 Å². The van der Waals surface area contributed by atoms with Crippen molar-refractivity contribution in [3.63, 3.8) is 0 Å². The fourth-order valence-corrected chi connectivity index (χ4v) is 8.36. The van der Waals surface area contributed by atoms with Crippen LogP contribution in [0.1, 0.15) is 31.7 Å². The molecule has 0 bridgehead atoms. The van der Waals surface area contributed by atoms with E-state index in [1.807, 2.05) is 37.3 Å². The molecule has 47 heavy (non-hydrogen) atoms. The summed E-state index contributed by atoms with van der Waals surface area (Å²) in [7, 11) is -6.11. The van der Waals surface area contributed by atoms with Crippen LogP contribution in [-0.2, 0) is 31.3 Å². The van der Waals surface area contributed by atoms with E-state index in [2.05, 4.69) is 10.0 Å². The van der Waals surface area contributed by atoms with Gasteiger partial charge in [0.1, 0.15) is 29.1 Å². The maximum Gasteiger partial charge on any atom is 0.246 e. The Bertz CT molecular complexity index is 1730. The predicted octanol–water partition coefficient (Wildman–Crippen LogP) is 2.46. The number of sulfonamides is 2. The normalized spacial score (nSPS) is 19.1. The van der Waals surface area contributed by atoms with Crippen molar-refractivity contribution in [2.24, 2.45) is 5.73 Å².